The Morgan fingerprint density at radius 2 is 2.14 bits per heavy atom. The first-order valence-corrected chi connectivity index (χ1v) is 9.35. The van der Waals surface area contributed by atoms with E-state index in [1.807, 2.05) is 0 Å². The Morgan fingerprint density at radius 3 is 2.82 bits per heavy atom. The number of ether oxygens (including phenoxy) is 1. The van der Waals surface area contributed by atoms with Crippen LogP contribution in [0.4, 0.5) is 5.13 Å². The van der Waals surface area contributed by atoms with Crippen LogP contribution < -0.4 is 5.32 Å². The highest BCUT2D eigenvalue weighted by Gasteiger charge is 2.24. The van der Waals surface area contributed by atoms with Gasteiger partial charge in [-0.05, 0) is 31.1 Å². The van der Waals surface area contributed by atoms with Crippen molar-refractivity contribution in [3.63, 3.8) is 0 Å². The fourth-order valence-corrected chi connectivity index (χ4v) is 3.96. The predicted molar refractivity (Wildman–Crippen MR) is 90.5 cm³/mol. The zero-order valence-electron chi connectivity index (χ0n) is 13.8. The van der Waals surface area contributed by atoms with E-state index in [4.69, 9.17) is 4.74 Å². The molecule has 5 nitrogen and oxygen atoms in total. The second-order valence-corrected chi connectivity index (χ2v) is 7.81. The molecule has 1 atom stereocenters. The first-order valence-electron chi connectivity index (χ1n) is 8.58. The van der Waals surface area contributed by atoms with E-state index in [1.165, 1.54) is 50.4 Å². The number of aromatic nitrogens is 2. The molecule has 0 aromatic carbocycles. The Morgan fingerprint density at radius 1 is 1.32 bits per heavy atom. The zero-order chi connectivity index (χ0) is 15.4. The Balaban J connectivity index is 1.40. The van der Waals surface area contributed by atoms with Crippen LogP contribution in [0.25, 0.3) is 0 Å². The number of rotatable bonds is 6. The summed E-state index contributed by atoms with van der Waals surface area (Å²) in [6, 6.07) is 0.552. The van der Waals surface area contributed by atoms with Crippen LogP contribution >= 0.6 is 11.5 Å². The molecule has 6 heteroatoms. The maximum atomic E-state index is 5.48. The van der Waals surface area contributed by atoms with Gasteiger partial charge in [-0.2, -0.15) is 4.37 Å². The third-order valence-electron chi connectivity index (χ3n) is 4.51. The van der Waals surface area contributed by atoms with Crippen LogP contribution in [0.5, 0.6) is 0 Å². The summed E-state index contributed by atoms with van der Waals surface area (Å²) in [7, 11) is 0. The first kappa shape index (κ1) is 16.1. The minimum absolute atomic E-state index is 0.552. The lowest BCUT2D eigenvalue weighted by molar-refractivity contribution is 0.154. The molecule has 1 unspecified atom stereocenters. The van der Waals surface area contributed by atoms with Crippen LogP contribution in [-0.2, 0) is 11.2 Å². The number of hydrogen-bond acceptors (Lipinski definition) is 6. The largest absolute Gasteiger partial charge is 0.381 e. The van der Waals surface area contributed by atoms with E-state index < -0.39 is 0 Å². The maximum absolute atomic E-state index is 5.48. The average molecular weight is 324 g/mol. The highest BCUT2D eigenvalue weighted by molar-refractivity contribution is 7.09. The van der Waals surface area contributed by atoms with Crippen LogP contribution in [0.1, 0.15) is 38.9 Å². The smallest absolute Gasteiger partial charge is 0.202 e. The summed E-state index contributed by atoms with van der Waals surface area (Å²) in [6.45, 7) is 9.92. The van der Waals surface area contributed by atoms with Gasteiger partial charge in [0.15, 0.2) is 0 Å². The molecule has 1 N–H and O–H groups in total. The molecule has 2 saturated heterocycles. The van der Waals surface area contributed by atoms with Crippen LogP contribution in [0.2, 0.25) is 0 Å². The Hall–Kier alpha value is -0.720. The lowest BCUT2D eigenvalue weighted by Crippen LogP contribution is -2.41. The number of likely N-dealkylation sites (tertiary alicyclic amines) is 1. The molecule has 2 aliphatic rings. The summed E-state index contributed by atoms with van der Waals surface area (Å²) in [5.74, 6) is 2.36. The molecular weight excluding hydrogens is 296 g/mol. The number of hydrogen-bond donors (Lipinski definition) is 1. The summed E-state index contributed by atoms with van der Waals surface area (Å²) in [4.78, 5) is 7.21. The van der Waals surface area contributed by atoms with Crippen molar-refractivity contribution in [3.8, 4) is 0 Å². The van der Waals surface area contributed by atoms with Gasteiger partial charge in [-0.15, -0.1) is 0 Å². The molecule has 0 spiro atoms. The summed E-state index contributed by atoms with van der Waals surface area (Å²) in [5, 5.41) is 4.58. The molecule has 0 aliphatic carbocycles. The SMILES string of the molecule is CC(C)Cc1nsc(NC2CCN(CC3CCOC3)CC2)n1. The van der Waals surface area contributed by atoms with Crippen molar-refractivity contribution >= 4 is 16.7 Å². The Labute approximate surface area is 137 Å². The van der Waals surface area contributed by atoms with E-state index in [2.05, 4.69) is 33.4 Å². The third-order valence-corrected chi connectivity index (χ3v) is 5.20. The van der Waals surface area contributed by atoms with E-state index >= 15 is 0 Å². The second-order valence-electron chi connectivity index (χ2n) is 7.06. The standard InChI is InChI=1S/C16H28N4OS/c1-12(2)9-15-18-16(22-19-15)17-14-3-6-20(7-4-14)10-13-5-8-21-11-13/h12-14H,3-11H2,1-2H3,(H,17,18,19). The van der Waals surface area contributed by atoms with E-state index in [1.54, 1.807) is 0 Å². The molecule has 1 aromatic heterocycles. The van der Waals surface area contributed by atoms with Gasteiger partial charge in [-0.25, -0.2) is 4.98 Å². The van der Waals surface area contributed by atoms with Gasteiger partial charge in [0.05, 0.1) is 6.61 Å². The zero-order valence-corrected chi connectivity index (χ0v) is 14.6. The molecule has 124 valence electrons. The van der Waals surface area contributed by atoms with Gasteiger partial charge < -0.3 is 15.0 Å². The number of nitrogens with one attached hydrogen (secondary N) is 1. The van der Waals surface area contributed by atoms with Crippen molar-refractivity contribution in [1.82, 2.24) is 14.3 Å². The Kier molecular flexibility index (Phi) is 5.66. The normalized spacial score (nSPS) is 24.2. The number of nitrogens with zero attached hydrogens (tertiary/aromatic N) is 3. The van der Waals surface area contributed by atoms with Crippen molar-refractivity contribution in [2.45, 2.75) is 45.6 Å². The molecule has 2 aliphatic heterocycles. The molecular formula is C16H28N4OS. The molecule has 0 bridgehead atoms. The van der Waals surface area contributed by atoms with Gasteiger partial charge in [-0.1, -0.05) is 13.8 Å². The van der Waals surface area contributed by atoms with Crippen LogP contribution in [0.3, 0.4) is 0 Å². The highest BCUT2D eigenvalue weighted by atomic mass is 32.1. The number of piperidine rings is 1. The van der Waals surface area contributed by atoms with E-state index in [0.29, 0.717) is 12.0 Å². The lowest BCUT2D eigenvalue weighted by Gasteiger charge is -2.33. The Bertz CT molecular complexity index is 451. The maximum Gasteiger partial charge on any atom is 0.202 e. The van der Waals surface area contributed by atoms with Crippen molar-refractivity contribution in [2.75, 3.05) is 38.2 Å². The summed E-state index contributed by atoms with van der Waals surface area (Å²) in [5.41, 5.74) is 0. The summed E-state index contributed by atoms with van der Waals surface area (Å²) < 4.78 is 9.92. The van der Waals surface area contributed by atoms with Crippen LogP contribution in [0, 0.1) is 11.8 Å². The third kappa shape index (κ3) is 4.64. The van der Waals surface area contributed by atoms with Crippen molar-refractivity contribution in [2.24, 2.45) is 11.8 Å². The highest BCUT2D eigenvalue weighted by Crippen LogP contribution is 2.21. The van der Waals surface area contributed by atoms with Gasteiger partial charge in [0.2, 0.25) is 5.13 Å². The molecule has 1 aromatic rings. The molecule has 0 amide bonds. The van der Waals surface area contributed by atoms with Crippen LogP contribution in [-0.4, -0.2) is 53.1 Å². The van der Waals surface area contributed by atoms with Gasteiger partial charge in [0.1, 0.15) is 5.82 Å². The number of anilines is 1. The van der Waals surface area contributed by atoms with Crippen molar-refractivity contribution in [1.29, 1.82) is 0 Å². The second kappa shape index (κ2) is 7.70. The van der Waals surface area contributed by atoms with Gasteiger partial charge in [0, 0.05) is 50.2 Å². The van der Waals surface area contributed by atoms with Gasteiger partial charge in [0.25, 0.3) is 0 Å². The van der Waals surface area contributed by atoms with Crippen molar-refractivity contribution in [3.05, 3.63) is 5.82 Å². The molecule has 2 fully saturated rings. The van der Waals surface area contributed by atoms with E-state index in [-0.39, 0.29) is 0 Å². The molecule has 0 saturated carbocycles. The van der Waals surface area contributed by atoms with Gasteiger partial charge in [-0.3, -0.25) is 0 Å². The average Bonchev–Trinajstić information content (AvgIpc) is 3.13. The molecule has 0 radical (unpaired) electrons. The summed E-state index contributed by atoms with van der Waals surface area (Å²) >= 11 is 1.51. The topological polar surface area (TPSA) is 50.3 Å². The fraction of sp³-hybridized carbons (Fsp3) is 0.875. The lowest BCUT2D eigenvalue weighted by atomic mass is 10.0. The van der Waals surface area contributed by atoms with E-state index in [0.717, 1.165) is 36.5 Å². The molecule has 3 heterocycles. The minimum atomic E-state index is 0.552. The monoisotopic (exact) mass is 324 g/mol. The van der Waals surface area contributed by atoms with E-state index in [9.17, 15) is 0 Å². The quantitative estimate of drug-likeness (QED) is 0.872. The summed E-state index contributed by atoms with van der Waals surface area (Å²) in [6.07, 6.45) is 4.61. The van der Waals surface area contributed by atoms with Crippen LogP contribution in [0.15, 0.2) is 0 Å². The molecule has 3 rings (SSSR count). The predicted octanol–water partition coefficient (Wildman–Crippen LogP) is 2.65. The minimum Gasteiger partial charge on any atom is -0.381 e. The fourth-order valence-electron chi connectivity index (χ4n) is 3.29. The van der Waals surface area contributed by atoms with Crippen molar-refractivity contribution < 1.29 is 4.74 Å². The first-order chi connectivity index (χ1) is 10.7. The van der Waals surface area contributed by atoms with Gasteiger partial charge >= 0.3 is 0 Å². The molecule has 22 heavy (non-hydrogen) atoms.